The van der Waals surface area contributed by atoms with Gasteiger partial charge in [-0.2, -0.15) is 0 Å². The zero-order chi connectivity index (χ0) is 15.0. The molecule has 1 aromatic carbocycles. The van der Waals surface area contributed by atoms with Gasteiger partial charge in [0, 0.05) is 12.3 Å². The number of ketones is 1. The summed E-state index contributed by atoms with van der Waals surface area (Å²) in [5.74, 6) is 1.53. The molecule has 0 aromatic heterocycles. The zero-order valence-corrected chi connectivity index (χ0v) is 13.4. The Balaban J connectivity index is 2.34. The molecule has 0 saturated heterocycles. The van der Waals surface area contributed by atoms with Gasteiger partial charge in [-0.05, 0) is 56.4 Å². The molecule has 0 radical (unpaired) electrons. The Bertz CT molecular complexity index is 421. The van der Waals surface area contributed by atoms with E-state index in [0.29, 0.717) is 12.4 Å². The topological polar surface area (TPSA) is 26.3 Å². The summed E-state index contributed by atoms with van der Waals surface area (Å²) in [7, 11) is 0. The molecule has 1 rings (SSSR count). The van der Waals surface area contributed by atoms with Gasteiger partial charge in [0.2, 0.25) is 0 Å². The largest absolute Gasteiger partial charge is 0.494 e. The molecule has 0 fully saturated rings. The van der Waals surface area contributed by atoms with Crippen molar-refractivity contribution in [2.45, 2.75) is 59.8 Å². The highest BCUT2D eigenvalue weighted by atomic mass is 16.5. The predicted molar refractivity (Wildman–Crippen MR) is 84.4 cm³/mol. The van der Waals surface area contributed by atoms with Gasteiger partial charge in [0.1, 0.15) is 11.5 Å². The second-order valence-corrected chi connectivity index (χ2v) is 5.70. The summed E-state index contributed by atoms with van der Waals surface area (Å²) in [4.78, 5) is 11.5. The van der Waals surface area contributed by atoms with E-state index < -0.39 is 0 Å². The molecular formula is C18H28O2. The summed E-state index contributed by atoms with van der Waals surface area (Å²) in [6, 6.07) is 6.31. The van der Waals surface area contributed by atoms with Gasteiger partial charge in [-0.25, -0.2) is 0 Å². The molecule has 2 heteroatoms. The molecule has 0 amide bonds. The molecule has 20 heavy (non-hydrogen) atoms. The summed E-state index contributed by atoms with van der Waals surface area (Å²) < 4.78 is 5.54. The molecule has 0 unspecified atom stereocenters. The van der Waals surface area contributed by atoms with Crippen molar-refractivity contribution in [1.82, 2.24) is 0 Å². The Labute approximate surface area is 123 Å². The highest BCUT2D eigenvalue weighted by Gasteiger charge is 2.06. The van der Waals surface area contributed by atoms with Crippen LogP contribution in [-0.2, 0) is 11.2 Å². The quantitative estimate of drug-likeness (QED) is 0.610. The molecule has 0 saturated carbocycles. The number of carbonyl (C=O) groups is 1. The lowest BCUT2D eigenvalue weighted by Gasteiger charge is -2.09. The van der Waals surface area contributed by atoms with E-state index in [-0.39, 0.29) is 5.92 Å². The SMILES string of the molecule is CCOc1ccc(C)c(CCCCCC(=O)C(C)C)c1. The number of rotatable bonds is 9. The third-order valence-electron chi connectivity index (χ3n) is 3.64. The van der Waals surface area contributed by atoms with E-state index in [1.807, 2.05) is 26.8 Å². The minimum absolute atomic E-state index is 0.181. The Kier molecular flexibility index (Phi) is 7.35. The normalized spacial score (nSPS) is 10.8. The summed E-state index contributed by atoms with van der Waals surface area (Å²) in [5.41, 5.74) is 2.69. The fourth-order valence-corrected chi connectivity index (χ4v) is 2.25. The second-order valence-electron chi connectivity index (χ2n) is 5.70. The van der Waals surface area contributed by atoms with Crippen LogP contribution >= 0.6 is 0 Å². The number of aryl methyl sites for hydroxylation is 2. The number of Topliss-reactive ketones (excluding diaryl/α,β-unsaturated/α-hetero) is 1. The fraction of sp³-hybridized carbons (Fsp3) is 0.611. The number of carbonyl (C=O) groups excluding carboxylic acids is 1. The molecule has 0 N–H and O–H groups in total. The molecule has 0 heterocycles. The predicted octanol–water partition coefficient (Wildman–Crippen LogP) is 4.72. The van der Waals surface area contributed by atoms with Gasteiger partial charge in [-0.3, -0.25) is 4.79 Å². The van der Waals surface area contributed by atoms with Gasteiger partial charge >= 0.3 is 0 Å². The van der Waals surface area contributed by atoms with Crippen molar-refractivity contribution in [1.29, 1.82) is 0 Å². The third kappa shape index (κ3) is 5.77. The standard InChI is InChI=1S/C18H28O2/c1-5-20-17-12-11-15(4)16(13-17)9-7-6-8-10-18(19)14(2)3/h11-14H,5-10H2,1-4H3. The molecule has 0 bridgehead atoms. The average Bonchev–Trinajstić information content (AvgIpc) is 2.41. The molecule has 0 spiro atoms. The van der Waals surface area contributed by atoms with Gasteiger partial charge in [0.15, 0.2) is 0 Å². The first-order valence-corrected chi connectivity index (χ1v) is 7.79. The van der Waals surface area contributed by atoms with Gasteiger partial charge in [-0.1, -0.05) is 26.3 Å². The van der Waals surface area contributed by atoms with Crippen LogP contribution in [0.2, 0.25) is 0 Å². The van der Waals surface area contributed by atoms with Crippen molar-refractivity contribution in [3.8, 4) is 5.75 Å². The van der Waals surface area contributed by atoms with Gasteiger partial charge in [-0.15, -0.1) is 0 Å². The molecule has 112 valence electrons. The van der Waals surface area contributed by atoms with Gasteiger partial charge in [0.05, 0.1) is 6.61 Å². The summed E-state index contributed by atoms with van der Waals surface area (Å²) in [6.07, 6.45) is 5.08. The average molecular weight is 276 g/mol. The van der Waals surface area contributed by atoms with Crippen molar-refractivity contribution < 1.29 is 9.53 Å². The van der Waals surface area contributed by atoms with Gasteiger partial charge < -0.3 is 4.74 Å². The first kappa shape index (κ1) is 16.7. The Morgan fingerprint density at radius 2 is 1.95 bits per heavy atom. The number of unbranched alkanes of at least 4 members (excludes halogenated alkanes) is 2. The highest BCUT2D eigenvalue weighted by Crippen LogP contribution is 2.20. The summed E-state index contributed by atoms with van der Waals surface area (Å²) in [6.45, 7) is 8.81. The number of ether oxygens (including phenoxy) is 1. The Hall–Kier alpha value is -1.31. The smallest absolute Gasteiger partial charge is 0.135 e. The molecule has 0 aliphatic carbocycles. The van der Waals surface area contributed by atoms with E-state index in [2.05, 4.69) is 19.1 Å². The monoisotopic (exact) mass is 276 g/mol. The molecule has 0 aliphatic heterocycles. The van der Waals surface area contributed by atoms with Crippen LogP contribution in [0.15, 0.2) is 18.2 Å². The second kappa shape index (κ2) is 8.78. The van der Waals surface area contributed by atoms with Crippen LogP contribution in [0.25, 0.3) is 0 Å². The van der Waals surface area contributed by atoms with E-state index >= 15 is 0 Å². The lowest BCUT2D eigenvalue weighted by molar-refractivity contribution is -0.122. The van der Waals surface area contributed by atoms with E-state index in [1.54, 1.807) is 0 Å². The lowest BCUT2D eigenvalue weighted by atomic mass is 9.99. The Morgan fingerprint density at radius 1 is 1.20 bits per heavy atom. The lowest BCUT2D eigenvalue weighted by Crippen LogP contribution is -2.06. The Morgan fingerprint density at radius 3 is 2.60 bits per heavy atom. The van der Waals surface area contributed by atoms with Crippen molar-refractivity contribution in [3.63, 3.8) is 0 Å². The maximum atomic E-state index is 11.5. The van der Waals surface area contributed by atoms with Crippen molar-refractivity contribution in [2.75, 3.05) is 6.61 Å². The van der Waals surface area contributed by atoms with Crippen LogP contribution in [0, 0.1) is 12.8 Å². The minimum atomic E-state index is 0.181. The number of benzene rings is 1. The molecular weight excluding hydrogens is 248 g/mol. The summed E-state index contributed by atoms with van der Waals surface area (Å²) in [5, 5.41) is 0. The van der Waals surface area contributed by atoms with Crippen molar-refractivity contribution in [3.05, 3.63) is 29.3 Å². The van der Waals surface area contributed by atoms with Crippen LogP contribution in [0.1, 0.15) is 57.6 Å². The van der Waals surface area contributed by atoms with Crippen molar-refractivity contribution >= 4 is 5.78 Å². The highest BCUT2D eigenvalue weighted by molar-refractivity contribution is 5.80. The van der Waals surface area contributed by atoms with Crippen LogP contribution in [0.5, 0.6) is 5.75 Å². The molecule has 1 aromatic rings. The third-order valence-corrected chi connectivity index (χ3v) is 3.64. The summed E-state index contributed by atoms with van der Waals surface area (Å²) >= 11 is 0. The van der Waals surface area contributed by atoms with Crippen LogP contribution < -0.4 is 4.74 Å². The molecule has 2 nitrogen and oxygen atoms in total. The van der Waals surface area contributed by atoms with Crippen molar-refractivity contribution in [2.24, 2.45) is 5.92 Å². The van der Waals surface area contributed by atoms with E-state index in [9.17, 15) is 4.79 Å². The van der Waals surface area contributed by atoms with E-state index in [4.69, 9.17) is 4.74 Å². The maximum absolute atomic E-state index is 11.5. The van der Waals surface area contributed by atoms with Crippen LogP contribution in [0.4, 0.5) is 0 Å². The van der Waals surface area contributed by atoms with Crippen LogP contribution in [-0.4, -0.2) is 12.4 Å². The van der Waals surface area contributed by atoms with E-state index in [1.165, 1.54) is 11.1 Å². The minimum Gasteiger partial charge on any atom is -0.494 e. The van der Waals surface area contributed by atoms with E-state index in [0.717, 1.165) is 37.9 Å². The maximum Gasteiger partial charge on any atom is 0.135 e. The van der Waals surface area contributed by atoms with Gasteiger partial charge in [0.25, 0.3) is 0 Å². The molecule has 0 aliphatic rings. The first-order valence-electron chi connectivity index (χ1n) is 7.79. The zero-order valence-electron chi connectivity index (χ0n) is 13.4. The number of hydrogen-bond donors (Lipinski definition) is 0. The van der Waals surface area contributed by atoms with Crippen LogP contribution in [0.3, 0.4) is 0 Å². The first-order chi connectivity index (χ1) is 9.54. The molecule has 0 atom stereocenters. The fourth-order valence-electron chi connectivity index (χ4n) is 2.25. The number of hydrogen-bond acceptors (Lipinski definition) is 2.